The summed E-state index contributed by atoms with van der Waals surface area (Å²) in [5, 5.41) is 25.0. The van der Waals surface area contributed by atoms with Crippen molar-refractivity contribution in [2.24, 2.45) is 10.3 Å². The summed E-state index contributed by atoms with van der Waals surface area (Å²) in [5.74, 6) is -0.0606. The maximum Gasteiger partial charge on any atom is 0.373 e. The molecule has 0 saturated carbocycles. The van der Waals surface area contributed by atoms with Crippen molar-refractivity contribution in [1.82, 2.24) is 10.6 Å². The van der Waals surface area contributed by atoms with Crippen LogP contribution in [0, 0.1) is 0 Å². The molecular weight excluding hydrogens is 952 g/mol. The number of fused-ring (bicyclic) bond motifs is 7. The smallest absolute Gasteiger partial charge is 0.373 e. The van der Waals surface area contributed by atoms with E-state index in [4.69, 9.17) is 28.6 Å². The Morgan fingerprint density at radius 2 is 1.29 bits per heavy atom. The van der Waals surface area contributed by atoms with E-state index < -0.39 is 17.8 Å². The number of amides is 2. The van der Waals surface area contributed by atoms with Crippen LogP contribution >= 0.6 is 69.4 Å². The number of nitrogens with zero attached hydrogens (tertiary/aromatic N) is 2. The van der Waals surface area contributed by atoms with Crippen LogP contribution in [0.3, 0.4) is 0 Å². The second kappa shape index (κ2) is 21.4. The van der Waals surface area contributed by atoms with Crippen LogP contribution in [0.15, 0.2) is 65.9 Å². The number of carbonyl (C=O) groups excluding carboxylic acids is 3. The number of ether oxygens (including phenoxy) is 4. The standard InChI is InChI=1S/C36H37Br3N4O10S2/c1-48-32-23-11-19(13-25(32)38)15-27(42-51-4)34(45)40-6-8-54-55-9-7-41-35(46)28(43-52-5)16-21-14-26(39)33(49-2)29(17-21)53-30(36(47)50-3)18-20-10-22(23)31(44)24(37)12-20/h10-14,17-18,44H,6-9,15-16H2,1-5H3,(H,40,45)(H,41,46)/b30-18?,42-27+,43-28+. The van der Waals surface area contributed by atoms with Gasteiger partial charge in [-0.3, -0.25) is 9.59 Å². The molecule has 19 heteroatoms. The van der Waals surface area contributed by atoms with E-state index in [1.54, 1.807) is 36.4 Å². The number of nitrogens with one attached hydrogen (secondary N) is 2. The molecule has 3 N–H and O–H groups in total. The number of phenolic OH excluding ortho intramolecular Hbond substituents is 1. The summed E-state index contributed by atoms with van der Waals surface area (Å²) < 4.78 is 23.9. The van der Waals surface area contributed by atoms with E-state index in [1.807, 2.05) is 0 Å². The third kappa shape index (κ3) is 11.8. The number of esters is 1. The number of phenols is 1. The van der Waals surface area contributed by atoms with Gasteiger partial charge in [0, 0.05) is 48.6 Å². The summed E-state index contributed by atoms with van der Waals surface area (Å²) >= 11 is 10.5. The normalized spacial score (nSPS) is 16.3. The molecular formula is C36H37Br3N4O10S2. The highest BCUT2D eigenvalue weighted by atomic mass is 79.9. The first kappa shape index (κ1) is 43.8. The number of methoxy groups -OCH3 is 3. The van der Waals surface area contributed by atoms with Gasteiger partial charge in [-0.05, 0) is 107 Å². The van der Waals surface area contributed by atoms with E-state index in [0.717, 1.165) is 0 Å². The Hall–Kier alpha value is -3.91. The number of rotatable bonds is 5. The second-order valence-corrected chi connectivity index (χ2v) is 16.5. The fourth-order valence-corrected chi connectivity index (χ4v) is 8.83. The second-order valence-electron chi connectivity index (χ2n) is 11.2. The number of hydrogen-bond acceptors (Lipinski definition) is 14. The third-order valence-corrected chi connectivity index (χ3v) is 11.7. The lowest BCUT2D eigenvalue weighted by molar-refractivity contribution is -0.138. The van der Waals surface area contributed by atoms with Gasteiger partial charge >= 0.3 is 5.97 Å². The van der Waals surface area contributed by atoms with Gasteiger partial charge in [-0.25, -0.2) is 4.79 Å². The van der Waals surface area contributed by atoms with Gasteiger partial charge in [0.15, 0.2) is 11.5 Å². The predicted molar refractivity (Wildman–Crippen MR) is 224 cm³/mol. The van der Waals surface area contributed by atoms with Crippen LogP contribution < -0.4 is 24.8 Å². The molecule has 6 bridgehead atoms. The van der Waals surface area contributed by atoms with E-state index in [-0.39, 0.29) is 47.3 Å². The van der Waals surface area contributed by atoms with Crippen LogP contribution in [0.25, 0.3) is 17.2 Å². The average Bonchev–Trinajstić information content (AvgIpc) is 3.15. The summed E-state index contributed by atoms with van der Waals surface area (Å²) in [6.45, 7) is 0.700. The minimum atomic E-state index is -0.815. The van der Waals surface area contributed by atoms with Gasteiger partial charge in [0.25, 0.3) is 11.8 Å². The minimum absolute atomic E-state index is 0.0383. The molecule has 4 rings (SSSR count). The number of benzene rings is 3. The zero-order valence-corrected chi connectivity index (χ0v) is 36.6. The van der Waals surface area contributed by atoms with Gasteiger partial charge in [-0.1, -0.05) is 31.9 Å². The molecule has 1 aliphatic heterocycles. The summed E-state index contributed by atoms with van der Waals surface area (Å²) in [5.41, 5.74) is 2.64. The number of halogens is 3. The SMILES string of the molecule is CO/N=C1\Cc2cc(Br)c(OC)c(c2)OC(C(=O)OC)=Cc2cc(Br)c(O)c(c2)-c2cc(cc(Br)c2OC)C/C(=N\OC)C(=O)NCCSSCCNC1=O. The van der Waals surface area contributed by atoms with Gasteiger partial charge in [0.2, 0.25) is 5.76 Å². The predicted octanol–water partition coefficient (Wildman–Crippen LogP) is 6.67. The lowest BCUT2D eigenvalue weighted by Gasteiger charge is -2.17. The molecule has 14 nitrogen and oxygen atoms in total. The van der Waals surface area contributed by atoms with Gasteiger partial charge in [-0.2, -0.15) is 0 Å². The molecule has 1 heterocycles. The zero-order chi connectivity index (χ0) is 40.1. The van der Waals surface area contributed by atoms with Crippen molar-refractivity contribution in [3.63, 3.8) is 0 Å². The summed E-state index contributed by atoms with van der Waals surface area (Å²) in [6.07, 6.45) is 1.55. The van der Waals surface area contributed by atoms with Crippen molar-refractivity contribution in [3.05, 3.63) is 72.3 Å². The number of hydrogen-bond donors (Lipinski definition) is 3. The van der Waals surface area contributed by atoms with E-state index >= 15 is 0 Å². The highest BCUT2D eigenvalue weighted by molar-refractivity contribution is 9.11. The Bertz CT molecular complexity index is 2010. The van der Waals surface area contributed by atoms with Crippen LogP contribution in [0.4, 0.5) is 0 Å². The van der Waals surface area contributed by atoms with Crippen LogP contribution in [0.5, 0.6) is 23.0 Å². The molecule has 0 unspecified atom stereocenters. The Labute approximate surface area is 350 Å². The summed E-state index contributed by atoms with van der Waals surface area (Å²) in [4.78, 5) is 49.6. The maximum absolute atomic E-state index is 13.2. The first-order chi connectivity index (χ1) is 26.4. The molecule has 55 heavy (non-hydrogen) atoms. The number of carbonyl (C=O) groups is 3. The maximum atomic E-state index is 13.2. The Kier molecular flexibility index (Phi) is 17.1. The molecule has 1 aliphatic rings. The highest BCUT2D eigenvalue weighted by Crippen LogP contribution is 2.45. The molecule has 3 aromatic rings. The molecule has 0 saturated heterocycles. The Morgan fingerprint density at radius 1 is 0.745 bits per heavy atom. The van der Waals surface area contributed by atoms with Crippen molar-refractivity contribution < 1.29 is 48.1 Å². The Balaban J connectivity index is 1.90. The van der Waals surface area contributed by atoms with E-state index in [9.17, 15) is 19.5 Å². The van der Waals surface area contributed by atoms with Crippen LogP contribution in [0.2, 0.25) is 0 Å². The number of aromatic hydroxyl groups is 1. The first-order valence-corrected chi connectivity index (χ1v) is 21.1. The van der Waals surface area contributed by atoms with Gasteiger partial charge in [0.1, 0.15) is 37.1 Å². The van der Waals surface area contributed by atoms with Crippen molar-refractivity contribution in [2.75, 3.05) is 60.1 Å². The lowest BCUT2D eigenvalue weighted by atomic mass is 9.96. The molecule has 0 aromatic heterocycles. The molecule has 0 atom stereocenters. The van der Waals surface area contributed by atoms with Gasteiger partial charge < -0.3 is 44.4 Å². The van der Waals surface area contributed by atoms with Crippen LogP contribution in [-0.4, -0.2) is 94.5 Å². The van der Waals surface area contributed by atoms with Crippen molar-refractivity contribution in [1.29, 1.82) is 0 Å². The molecule has 294 valence electrons. The van der Waals surface area contributed by atoms with Crippen molar-refractivity contribution in [2.45, 2.75) is 12.8 Å². The van der Waals surface area contributed by atoms with Crippen LogP contribution in [0.1, 0.15) is 16.7 Å². The van der Waals surface area contributed by atoms with E-state index in [1.165, 1.54) is 63.2 Å². The van der Waals surface area contributed by atoms with E-state index in [0.29, 0.717) is 71.6 Å². The minimum Gasteiger partial charge on any atom is -0.506 e. The fraction of sp³-hybridized carbons (Fsp3) is 0.306. The quantitative estimate of drug-likeness (QED) is 0.141. The fourth-order valence-electron chi connectivity index (χ4n) is 5.22. The zero-order valence-electron chi connectivity index (χ0n) is 30.3. The third-order valence-electron chi connectivity index (χ3n) is 7.56. The topological polar surface area (TPSA) is 176 Å². The van der Waals surface area contributed by atoms with E-state index in [2.05, 4.69) is 68.7 Å². The number of oxime groups is 2. The Morgan fingerprint density at radius 3 is 1.82 bits per heavy atom. The summed E-state index contributed by atoms with van der Waals surface area (Å²) in [7, 11) is 9.90. The lowest BCUT2D eigenvalue weighted by Crippen LogP contribution is -2.34. The summed E-state index contributed by atoms with van der Waals surface area (Å²) in [6, 6.07) is 10.1. The molecule has 2 amide bonds. The average molecular weight is 990 g/mol. The van der Waals surface area contributed by atoms with Crippen molar-refractivity contribution in [3.8, 4) is 34.1 Å². The molecule has 0 spiro atoms. The highest BCUT2D eigenvalue weighted by Gasteiger charge is 2.24. The molecule has 0 aliphatic carbocycles. The first-order valence-electron chi connectivity index (χ1n) is 16.2. The van der Waals surface area contributed by atoms with Gasteiger partial charge in [0.05, 0.1) is 34.7 Å². The largest absolute Gasteiger partial charge is 0.506 e. The molecule has 3 aromatic carbocycles. The molecule has 0 radical (unpaired) electrons. The van der Waals surface area contributed by atoms with Crippen LogP contribution in [-0.2, 0) is 41.6 Å². The molecule has 0 fully saturated rings. The van der Waals surface area contributed by atoms with Gasteiger partial charge in [-0.15, -0.1) is 0 Å². The van der Waals surface area contributed by atoms with Crippen molar-refractivity contribution >= 4 is 105 Å². The monoisotopic (exact) mass is 986 g/mol.